The summed E-state index contributed by atoms with van der Waals surface area (Å²) >= 11 is 0. The Kier molecular flexibility index (Phi) is 4.70. The Balaban J connectivity index is 2.18. The largest absolute Gasteiger partial charge is 0.353 e. The Hall–Kier alpha value is -2.21. The average molecular weight is 288 g/mol. The molecule has 0 saturated carbocycles. The molecule has 0 fully saturated rings. The van der Waals surface area contributed by atoms with Crippen LogP contribution in [0.2, 0.25) is 0 Å². The van der Waals surface area contributed by atoms with Crippen molar-refractivity contribution in [3.8, 4) is 0 Å². The Bertz CT molecular complexity index is 708. The molecule has 6 heteroatoms. The summed E-state index contributed by atoms with van der Waals surface area (Å²) in [5.41, 5.74) is 1.44. The van der Waals surface area contributed by atoms with E-state index in [4.69, 9.17) is 0 Å². The average Bonchev–Trinajstić information content (AvgIpc) is 2.48. The number of aromatic nitrogens is 2. The van der Waals surface area contributed by atoms with Crippen molar-refractivity contribution in [2.24, 2.45) is 0 Å². The molecule has 0 aliphatic rings. The maximum Gasteiger partial charge on any atom is 0.261 e. The summed E-state index contributed by atoms with van der Waals surface area (Å²) in [7, 11) is 1.83. The third kappa shape index (κ3) is 3.46. The van der Waals surface area contributed by atoms with E-state index >= 15 is 0 Å². The fraction of sp³-hybridized carbons (Fsp3) is 0.400. The Morgan fingerprint density at radius 2 is 2.19 bits per heavy atom. The minimum Gasteiger partial charge on any atom is -0.353 e. The van der Waals surface area contributed by atoms with Crippen LogP contribution in [-0.2, 0) is 11.3 Å². The number of likely N-dealkylation sites (N-methyl/N-ethyl adjacent to an activating group) is 1. The predicted molar refractivity (Wildman–Crippen MR) is 82.3 cm³/mol. The van der Waals surface area contributed by atoms with E-state index in [0.29, 0.717) is 17.4 Å². The van der Waals surface area contributed by atoms with Gasteiger partial charge in [-0.05, 0) is 32.5 Å². The summed E-state index contributed by atoms with van der Waals surface area (Å²) in [4.78, 5) is 28.5. The van der Waals surface area contributed by atoms with Crippen molar-refractivity contribution in [1.82, 2.24) is 20.2 Å². The van der Waals surface area contributed by atoms with E-state index in [1.807, 2.05) is 33.0 Å². The van der Waals surface area contributed by atoms with Crippen molar-refractivity contribution >= 4 is 16.8 Å². The van der Waals surface area contributed by atoms with Gasteiger partial charge in [-0.2, -0.15) is 0 Å². The molecule has 21 heavy (non-hydrogen) atoms. The first-order chi connectivity index (χ1) is 10.0. The molecule has 0 aliphatic carbocycles. The maximum absolute atomic E-state index is 12.3. The lowest BCUT2D eigenvalue weighted by molar-refractivity contribution is -0.121. The molecule has 1 aromatic carbocycles. The molecule has 1 atom stereocenters. The van der Waals surface area contributed by atoms with Crippen molar-refractivity contribution in [2.45, 2.75) is 26.4 Å². The van der Waals surface area contributed by atoms with Crippen LogP contribution in [0.1, 0.15) is 12.5 Å². The van der Waals surface area contributed by atoms with Gasteiger partial charge in [-0.25, -0.2) is 4.98 Å². The fourth-order valence-electron chi connectivity index (χ4n) is 2.03. The molecule has 1 aromatic heterocycles. The molecule has 0 radical (unpaired) electrons. The Labute approximate surface area is 123 Å². The van der Waals surface area contributed by atoms with Crippen LogP contribution in [0, 0.1) is 6.92 Å². The number of rotatable bonds is 5. The lowest BCUT2D eigenvalue weighted by atomic mass is 10.1. The first-order valence-corrected chi connectivity index (χ1v) is 6.91. The highest BCUT2D eigenvalue weighted by Crippen LogP contribution is 2.10. The third-order valence-electron chi connectivity index (χ3n) is 3.47. The molecular weight excluding hydrogens is 268 g/mol. The highest BCUT2D eigenvalue weighted by Gasteiger charge is 2.09. The van der Waals surface area contributed by atoms with Crippen LogP contribution in [-0.4, -0.2) is 35.1 Å². The van der Waals surface area contributed by atoms with E-state index in [0.717, 1.165) is 5.56 Å². The molecule has 0 aliphatic heterocycles. The molecule has 2 N–H and O–H groups in total. The Morgan fingerprint density at radius 1 is 1.43 bits per heavy atom. The minimum atomic E-state index is -0.201. The van der Waals surface area contributed by atoms with Crippen LogP contribution in [0.5, 0.6) is 0 Å². The number of nitrogens with one attached hydrogen (secondary N) is 2. The molecule has 1 amide bonds. The molecule has 0 saturated heterocycles. The van der Waals surface area contributed by atoms with Crippen LogP contribution in [0.3, 0.4) is 0 Å². The monoisotopic (exact) mass is 288 g/mol. The van der Waals surface area contributed by atoms with E-state index in [1.165, 1.54) is 10.9 Å². The molecule has 1 unspecified atom stereocenters. The van der Waals surface area contributed by atoms with Crippen molar-refractivity contribution in [3.05, 3.63) is 40.4 Å². The molecule has 2 rings (SSSR count). The van der Waals surface area contributed by atoms with Crippen molar-refractivity contribution in [1.29, 1.82) is 0 Å². The van der Waals surface area contributed by atoms with Gasteiger partial charge in [-0.3, -0.25) is 14.2 Å². The molecule has 112 valence electrons. The van der Waals surface area contributed by atoms with Crippen molar-refractivity contribution in [2.75, 3.05) is 13.6 Å². The van der Waals surface area contributed by atoms with Gasteiger partial charge in [0.1, 0.15) is 6.54 Å². The highest BCUT2D eigenvalue weighted by atomic mass is 16.2. The summed E-state index contributed by atoms with van der Waals surface area (Å²) in [5.74, 6) is -0.201. The van der Waals surface area contributed by atoms with Gasteiger partial charge in [0.25, 0.3) is 5.56 Å². The smallest absolute Gasteiger partial charge is 0.261 e. The third-order valence-corrected chi connectivity index (χ3v) is 3.47. The van der Waals surface area contributed by atoms with Crippen LogP contribution in [0.4, 0.5) is 0 Å². The fourth-order valence-corrected chi connectivity index (χ4v) is 2.03. The normalized spacial score (nSPS) is 12.3. The zero-order chi connectivity index (χ0) is 15.4. The number of amides is 1. The van der Waals surface area contributed by atoms with Crippen LogP contribution in [0.25, 0.3) is 10.9 Å². The number of hydrogen-bond donors (Lipinski definition) is 2. The lowest BCUT2D eigenvalue weighted by Gasteiger charge is -2.12. The molecule has 6 nitrogen and oxygen atoms in total. The van der Waals surface area contributed by atoms with Crippen molar-refractivity contribution < 1.29 is 4.79 Å². The quantitative estimate of drug-likeness (QED) is 0.836. The van der Waals surface area contributed by atoms with Gasteiger partial charge in [-0.15, -0.1) is 0 Å². The van der Waals surface area contributed by atoms with Gasteiger partial charge in [0.2, 0.25) is 5.91 Å². The van der Waals surface area contributed by atoms with Gasteiger partial charge in [-0.1, -0.05) is 12.1 Å². The second kappa shape index (κ2) is 6.49. The first kappa shape index (κ1) is 15.2. The highest BCUT2D eigenvalue weighted by molar-refractivity contribution is 5.81. The van der Waals surface area contributed by atoms with Gasteiger partial charge in [0.15, 0.2) is 0 Å². The lowest BCUT2D eigenvalue weighted by Crippen LogP contribution is -2.39. The zero-order valence-electron chi connectivity index (χ0n) is 12.5. The number of carbonyl (C=O) groups excluding carboxylic acids is 1. The Morgan fingerprint density at radius 3 is 2.90 bits per heavy atom. The van der Waals surface area contributed by atoms with Crippen molar-refractivity contribution in [3.63, 3.8) is 0 Å². The van der Waals surface area contributed by atoms with E-state index in [2.05, 4.69) is 15.6 Å². The number of hydrogen-bond acceptors (Lipinski definition) is 4. The molecule has 0 spiro atoms. The number of aryl methyl sites for hydroxylation is 1. The second-order valence-electron chi connectivity index (χ2n) is 5.14. The SMILES string of the molecule is CNC(C)CNC(=O)Cn1cnc2c(C)cccc2c1=O. The molecule has 2 aromatic rings. The summed E-state index contributed by atoms with van der Waals surface area (Å²) < 4.78 is 1.33. The number of carbonyl (C=O) groups is 1. The zero-order valence-corrected chi connectivity index (χ0v) is 12.5. The number of benzene rings is 1. The van der Waals surface area contributed by atoms with Crippen LogP contribution in [0.15, 0.2) is 29.3 Å². The number of nitrogens with zero attached hydrogens (tertiary/aromatic N) is 2. The first-order valence-electron chi connectivity index (χ1n) is 6.91. The summed E-state index contributed by atoms with van der Waals surface area (Å²) in [5, 5.41) is 6.35. The van der Waals surface area contributed by atoms with E-state index < -0.39 is 0 Å². The minimum absolute atomic E-state index is 0.0217. The maximum atomic E-state index is 12.3. The van der Waals surface area contributed by atoms with Gasteiger partial charge in [0, 0.05) is 12.6 Å². The topological polar surface area (TPSA) is 76.0 Å². The predicted octanol–water partition coefficient (Wildman–Crippen LogP) is 0.429. The van der Waals surface area contributed by atoms with E-state index in [-0.39, 0.29) is 24.1 Å². The van der Waals surface area contributed by atoms with Crippen LogP contribution < -0.4 is 16.2 Å². The summed E-state index contributed by atoms with van der Waals surface area (Å²) in [6.45, 7) is 4.37. The van der Waals surface area contributed by atoms with E-state index in [1.54, 1.807) is 6.07 Å². The summed E-state index contributed by atoms with van der Waals surface area (Å²) in [6, 6.07) is 5.64. The second-order valence-corrected chi connectivity index (χ2v) is 5.14. The van der Waals surface area contributed by atoms with E-state index in [9.17, 15) is 9.59 Å². The standard InChI is InChI=1S/C15H20N4O2/c1-10-5-4-6-12-14(10)18-9-19(15(12)21)8-13(20)17-7-11(2)16-3/h4-6,9,11,16H,7-8H2,1-3H3,(H,17,20). The van der Waals surface area contributed by atoms with Gasteiger partial charge >= 0.3 is 0 Å². The molecular formula is C15H20N4O2. The molecule has 0 bridgehead atoms. The van der Waals surface area contributed by atoms with Crippen LogP contribution >= 0.6 is 0 Å². The van der Waals surface area contributed by atoms with Gasteiger partial charge < -0.3 is 10.6 Å². The molecule has 1 heterocycles. The summed E-state index contributed by atoms with van der Waals surface area (Å²) in [6.07, 6.45) is 1.43. The van der Waals surface area contributed by atoms with Gasteiger partial charge in [0.05, 0.1) is 17.2 Å². The number of fused-ring (bicyclic) bond motifs is 1. The number of para-hydroxylation sites is 1.